The Balaban J connectivity index is 1.63. The Hall–Kier alpha value is -3.43. The van der Waals surface area contributed by atoms with E-state index < -0.39 is 9.84 Å². The lowest BCUT2D eigenvalue weighted by molar-refractivity contribution is -0.112. The zero-order valence-corrected chi connectivity index (χ0v) is 19.6. The number of hydrogen-bond acceptors (Lipinski definition) is 7. The second kappa shape index (κ2) is 9.21. The summed E-state index contributed by atoms with van der Waals surface area (Å²) in [4.78, 5) is 14.0. The van der Waals surface area contributed by atoms with Gasteiger partial charge in [-0.15, -0.1) is 0 Å². The molecule has 0 spiro atoms. The van der Waals surface area contributed by atoms with Crippen LogP contribution < -0.4 is 20.5 Å². The number of benzene rings is 3. The second-order valence-corrected chi connectivity index (χ2v) is 10.4. The summed E-state index contributed by atoms with van der Waals surface area (Å²) in [5, 5.41) is 2.80. The van der Waals surface area contributed by atoms with E-state index in [9.17, 15) is 13.2 Å². The molecule has 0 atom stereocenters. The van der Waals surface area contributed by atoms with Gasteiger partial charge in [-0.05, 0) is 54.1 Å². The van der Waals surface area contributed by atoms with E-state index in [1.54, 1.807) is 48.5 Å². The topological polar surface area (TPSA) is 108 Å². The van der Waals surface area contributed by atoms with Gasteiger partial charge in [-0.2, -0.15) is 0 Å². The van der Waals surface area contributed by atoms with Crippen LogP contribution in [0.5, 0.6) is 11.5 Å². The standard InChI is InChI=1S/C24H22N2O5S2/c1-30-20-4-3-5-21(31-2)18(20)14-33(28,29)17-10-11-22-19(13-17)26-24(27)23(32-22)12-15-6-8-16(25)9-7-15/h3-13H,14,25H2,1-2H3,(H,26,27)/b23-12-. The first kappa shape index (κ1) is 22.8. The number of carbonyl (C=O) groups is 1. The van der Waals surface area contributed by atoms with E-state index in [-0.39, 0.29) is 16.6 Å². The van der Waals surface area contributed by atoms with Gasteiger partial charge in [-0.1, -0.05) is 30.0 Å². The first-order valence-electron chi connectivity index (χ1n) is 9.94. The molecule has 4 rings (SSSR count). The quantitative estimate of drug-likeness (QED) is 0.397. The number of ether oxygens (including phenoxy) is 2. The van der Waals surface area contributed by atoms with E-state index in [4.69, 9.17) is 15.2 Å². The number of nitrogen functional groups attached to an aromatic ring is 1. The Labute approximate surface area is 196 Å². The van der Waals surface area contributed by atoms with Gasteiger partial charge in [0.25, 0.3) is 5.91 Å². The van der Waals surface area contributed by atoms with Gasteiger partial charge in [0.1, 0.15) is 11.5 Å². The third kappa shape index (κ3) is 4.84. The molecule has 33 heavy (non-hydrogen) atoms. The largest absolute Gasteiger partial charge is 0.496 e. The number of thioether (sulfide) groups is 1. The van der Waals surface area contributed by atoms with Gasteiger partial charge in [-0.3, -0.25) is 4.79 Å². The highest BCUT2D eigenvalue weighted by Crippen LogP contribution is 2.41. The molecule has 0 fully saturated rings. The maximum atomic E-state index is 13.2. The Morgan fingerprint density at radius 2 is 1.67 bits per heavy atom. The molecular formula is C24H22N2O5S2. The molecule has 1 amide bonds. The van der Waals surface area contributed by atoms with Crippen molar-refractivity contribution < 1.29 is 22.7 Å². The van der Waals surface area contributed by atoms with Crippen LogP contribution in [0.25, 0.3) is 6.08 Å². The molecule has 1 aliphatic rings. The van der Waals surface area contributed by atoms with Crippen molar-refractivity contribution in [2.75, 3.05) is 25.3 Å². The van der Waals surface area contributed by atoms with E-state index in [0.717, 1.165) is 10.5 Å². The number of sulfone groups is 1. The third-order valence-corrected chi connectivity index (χ3v) is 7.84. The van der Waals surface area contributed by atoms with Gasteiger partial charge in [-0.25, -0.2) is 8.42 Å². The number of hydrogen-bond donors (Lipinski definition) is 2. The summed E-state index contributed by atoms with van der Waals surface area (Å²) in [5.74, 6) is 0.252. The lowest BCUT2D eigenvalue weighted by Gasteiger charge is -2.20. The van der Waals surface area contributed by atoms with Gasteiger partial charge in [0.05, 0.1) is 41.0 Å². The van der Waals surface area contributed by atoms with Gasteiger partial charge < -0.3 is 20.5 Å². The van der Waals surface area contributed by atoms with Crippen molar-refractivity contribution in [2.45, 2.75) is 15.5 Å². The van der Waals surface area contributed by atoms with Crippen LogP contribution in [0.15, 0.2) is 75.4 Å². The predicted octanol–water partition coefficient (Wildman–Crippen LogP) is 4.35. The van der Waals surface area contributed by atoms with Gasteiger partial charge in [0.2, 0.25) is 0 Å². The fourth-order valence-corrected chi connectivity index (χ4v) is 5.76. The van der Waals surface area contributed by atoms with Crippen LogP contribution in [0.3, 0.4) is 0 Å². The SMILES string of the molecule is COc1cccc(OC)c1CS(=O)(=O)c1ccc2c(c1)NC(=O)/C(=C/c1ccc(N)cc1)S2. The zero-order valence-electron chi connectivity index (χ0n) is 18.0. The highest BCUT2D eigenvalue weighted by Gasteiger charge is 2.26. The fourth-order valence-electron chi connectivity index (χ4n) is 3.42. The van der Waals surface area contributed by atoms with E-state index in [2.05, 4.69) is 5.32 Å². The highest BCUT2D eigenvalue weighted by atomic mass is 32.2. The molecule has 9 heteroatoms. The number of rotatable bonds is 6. The third-order valence-electron chi connectivity index (χ3n) is 5.10. The maximum absolute atomic E-state index is 13.2. The van der Waals surface area contributed by atoms with Crippen LogP contribution in [0.4, 0.5) is 11.4 Å². The van der Waals surface area contributed by atoms with Crippen molar-refractivity contribution in [2.24, 2.45) is 0 Å². The molecule has 7 nitrogen and oxygen atoms in total. The van der Waals surface area contributed by atoms with E-state index in [1.807, 2.05) is 12.1 Å². The summed E-state index contributed by atoms with van der Waals surface area (Å²) in [6.07, 6.45) is 1.76. The van der Waals surface area contributed by atoms with E-state index in [1.165, 1.54) is 32.0 Å². The molecule has 0 radical (unpaired) electrons. The lowest BCUT2D eigenvalue weighted by Crippen LogP contribution is -2.18. The summed E-state index contributed by atoms with van der Waals surface area (Å²) >= 11 is 1.28. The van der Waals surface area contributed by atoms with Gasteiger partial charge >= 0.3 is 0 Å². The summed E-state index contributed by atoms with van der Waals surface area (Å²) in [6.45, 7) is 0. The van der Waals surface area contributed by atoms with Crippen LogP contribution in [-0.4, -0.2) is 28.5 Å². The van der Waals surface area contributed by atoms with Crippen LogP contribution in [0.1, 0.15) is 11.1 Å². The zero-order chi connectivity index (χ0) is 23.6. The average molecular weight is 483 g/mol. The molecule has 3 aromatic rings. The van der Waals surface area contributed by atoms with Crippen molar-refractivity contribution >= 4 is 45.0 Å². The summed E-state index contributed by atoms with van der Waals surface area (Å²) in [6, 6.07) is 17.0. The van der Waals surface area contributed by atoms with Crippen molar-refractivity contribution in [1.29, 1.82) is 0 Å². The number of anilines is 2. The number of fused-ring (bicyclic) bond motifs is 1. The molecule has 0 aliphatic carbocycles. The Bertz CT molecular complexity index is 1330. The Morgan fingerprint density at radius 1 is 1.00 bits per heavy atom. The number of carbonyl (C=O) groups excluding carboxylic acids is 1. The minimum atomic E-state index is -3.74. The molecule has 0 bridgehead atoms. The fraction of sp³-hybridized carbons (Fsp3) is 0.125. The predicted molar refractivity (Wildman–Crippen MR) is 130 cm³/mol. The average Bonchev–Trinajstić information content (AvgIpc) is 2.80. The molecule has 0 unspecified atom stereocenters. The normalized spacial score (nSPS) is 14.5. The molecular weight excluding hydrogens is 460 g/mol. The molecule has 1 heterocycles. The number of nitrogens with one attached hydrogen (secondary N) is 1. The monoisotopic (exact) mass is 482 g/mol. The molecule has 3 N–H and O–H groups in total. The van der Waals surface area contributed by atoms with Crippen LogP contribution in [0, 0.1) is 0 Å². The summed E-state index contributed by atoms with van der Waals surface area (Å²) in [7, 11) is -0.786. The Kier molecular flexibility index (Phi) is 6.35. The number of amides is 1. The molecule has 0 saturated heterocycles. The second-order valence-electron chi connectivity index (χ2n) is 7.29. The van der Waals surface area contributed by atoms with Crippen molar-refractivity contribution in [3.05, 3.63) is 76.7 Å². The highest BCUT2D eigenvalue weighted by molar-refractivity contribution is 8.04. The van der Waals surface area contributed by atoms with E-state index in [0.29, 0.717) is 33.3 Å². The molecule has 1 aliphatic heterocycles. The van der Waals surface area contributed by atoms with Gasteiger partial charge in [0.15, 0.2) is 9.84 Å². The molecule has 170 valence electrons. The first-order chi connectivity index (χ1) is 15.8. The van der Waals surface area contributed by atoms with Crippen LogP contribution in [0.2, 0.25) is 0 Å². The molecule has 0 aromatic heterocycles. The Morgan fingerprint density at radius 3 is 2.30 bits per heavy atom. The lowest BCUT2D eigenvalue weighted by atomic mass is 10.2. The minimum Gasteiger partial charge on any atom is -0.496 e. The number of methoxy groups -OCH3 is 2. The minimum absolute atomic E-state index is 0.0982. The van der Waals surface area contributed by atoms with E-state index >= 15 is 0 Å². The summed E-state index contributed by atoms with van der Waals surface area (Å²) < 4.78 is 37.0. The maximum Gasteiger partial charge on any atom is 0.262 e. The van der Waals surface area contributed by atoms with Crippen molar-refractivity contribution in [3.8, 4) is 11.5 Å². The van der Waals surface area contributed by atoms with Gasteiger partial charge in [0, 0.05) is 10.6 Å². The van der Waals surface area contributed by atoms with Crippen LogP contribution >= 0.6 is 11.8 Å². The first-order valence-corrected chi connectivity index (χ1v) is 12.4. The van der Waals surface area contributed by atoms with Crippen molar-refractivity contribution in [1.82, 2.24) is 0 Å². The number of nitrogens with two attached hydrogens (primary N) is 1. The van der Waals surface area contributed by atoms with Crippen LogP contribution in [-0.2, 0) is 20.4 Å². The molecule has 3 aromatic carbocycles. The van der Waals surface area contributed by atoms with Crippen molar-refractivity contribution in [3.63, 3.8) is 0 Å². The smallest absolute Gasteiger partial charge is 0.262 e. The molecule has 0 saturated carbocycles. The summed E-state index contributed by atoms with van der Waals surface area (Å²) in [5.41, 5.74) is 8.09.